The average Bonchev–Trinajstić information content (AvgIpc) is 2.99. The maximum atomic E-state index is 12.1. The number of aliphatic hydroxyl groups is 1. The van der Waals surface area contributed by atoms with Crippen LogP contribution in [0.4, 0.5) is 0 Å². The molecule has 1 unspecified atom stereocenters. The molecule has 0 radical (unpaired) electrons. The highest BCUT2D eigenvalue weighted by molar-refractivity contribution is 7.08. The predicted octanol–water partition coefficient (Wildman–Crippen LogP) is 3.45. The van der Waals surface area contributed by atoms with Crippen LogP contribution in [0.1, 0.15) is 58.9 Å². The summed E-state index contributed by atoms with van der Waals surface area (Å²) in [7, 11) is 0. The van der Waals surface area contributed by atoms with Gasteiger partial charge >= 0.3 is 5.97 Å². The summed E-state index contributed by atoms with van der Waals surface area (Å²) in [5.41, 5.74) is -0.301. The molecule has 0 aliphatic heterocycles. The smallest absolute Gasteiger partial charge is 0.309 e. The van der Waals surface area contributed by atoms with E-state index in [0.717, 1.165) is 31.2 Å². The summed E-state index contributed by atoms with van der Waals surface area (Å²) in [5.74, 6) is -0.0501. The molecule has 0 bridgehead atoms. The fraction of sp³-hybridized carbons (Fsp3) is 0.722. The number of esters is 1. The van der Waals surface area contributed by atoms with Crippen LogP contribution in [0, 0.1) is 5.92 Å². The molecule has 1 aromatic rings. The third-order valence-corrected chi connectivity index (χ3v) is 5.03. The van der Waals surface area contributed by atoms with Crippen LogP contribution in [0.25, 0.3) is 0 Å². The van der Waals surface area contributed by atoms with Gasteiger partial charge in [0, 0.05) is 12.6 Å². The zero-order valence-electron chi connectivity index (χ0n) is 14.6. The average molecular weight is 340 g/mol. The highest BCUT2D eigenvalue weighted by atomic mass is 32.1. The Morgan fingerprint density at radius 3 is 2.48 bits per heavy atom. The maximum absolute atomic E-state index is 12.1. The lowest BCUT2D eigenvalue weighted by atomic mass is 9.85. The van der Waals surface area contributed by atoms with E-state index in [1.54, 1.807) is 11.3 Å². The number of nitrogens with one attached hydrogen (secondary N) is 1. The van der Waals surface area contributed by atoms with Gasteiger partial charge in [-0.05, 0) is 75.8 Å². The molecule has 0 amide bonds. The molecule has 1 aliphatic carbocycles. The molecule has 1 heterocycles. The summed E-state index contributed by atoms with van der Waals surface area (Å²) in [6.07, 6.45) is 3.60. The predicted molar refractivity (Wildman–Crippen MR) is 93.5 cm³/mol. The number of rotatable bonds is 5. The van der Waals surface area contributed by atoms with E-state index in [2.05, 4.69) is 5.32 Å². The van der Waals surface area contributed by atoms with Crippen LogP contribution in [0.2, 0.25) is 0 Å². The minimum Gasteiger partial charge on any atom is -0.460 e. The van der Waals surface area contributed by atoms with Gasteiger partial charge in [-0.15, -0.1) is 0 Å². The third kappa shape index (κ3) is 5.59. The Morgan fingerprint density at radius 2 is 1.96 bits per heavy atom. The Balaban J connectivity index is 1.76. The summed E-state index contributed by atoms with van der Waals surface area (Å²) in [4.78, 5) is 12.1. The van der Waals surface area contributed by atoms with E-state index in [1.807, 2.05) is 44.5 Å². The van der Waals surface area contributed by atoms with E-state index in [0.29, 0.717) is 12.6 Å². The van der Waals surface area contributed by atoms with Gasteiger partial charge in [-0.1, -0.05) is 0 Å². The van der Waals surface area contributed by atoms with Crippen molar-refractivity contribution in [3.63, 3.8) is 0 Å². The third-order valence-electron chi connectivity index (χ3n) is 4.35. The van der Waals surface area contributed by atoms with E-state index >= 15 is 0 Å². The van der Waals surface area contributed by atoms with E-state index in [4.69, 9.17) is 4.74 Å². The van der Waals surface area contributed by atoms with Crippen molar-refractivity contribution in [2.45, 2.75) is 70.6 Å². The minimum absolute atomic E-state index is 0.0182. The topological polar surface area (TPSA) is 58.6 Å². The first-order valence-electron chi connectivity index (χ1n) is 8.39. The molecule has 0 spiro atoms. The van der Waals surface area contributed by atoms with Crippen LogP contribution in [-0.4, -0.2) is 29.3 Å². The van der Waals surface area contributed by atoms with Crippen molar-refractivity contribution in [1.82, 2.24) is 5.32 Å². The van der Waals surface area contributed by atoms with Gasteiger partial charge in [0.2, 0.25) is 0 Å². The molecule has 0 aromatic carbocycles. The molecule has 1 aromatic heterocycles. The van der Waals surface area contributed by atoms with E-state index in [-0.39, 0.29) is 11.9 Å². The molecule has 1 aliphatic rings. The second-order valence-electron chi connectivity index (χ2n) is 7.75. The number of ether oxygens (including phenoxy) is 1. The molecule has 1 atom stereocenters. The molecule has 5 heteroatoms. The van der Waals surface area contributed by atoms with Gasteiger partial charge in [0.15, 0.2) is 0 Å². The Bertz CT molecular complexity index is 497. The van der Waals surface area contributed by atoms with Crippen molar-refractivity contribution in [3.8, 4) is 0 Å². The highest BCUT2D eigenvalue weighted by Gasteiger charge is 2.31. The minimum atomic E-state index is -0.845. The highest BCUT2D eigenvalue weighted by Crippen LogP contribution is 2.28. The lowest BCUT2D eigenvalue weighted by Gasteiger charge is -2.32. The molecule has 2 N–H and O–H groups in total. The van der Waals surface area contributed by atoms with Gasteiger partial charge in [0.25, 0.3) is 0 Å². The van der Waals surface area contributed by atoms with Crippen LogP contribution in [0.3, 0.4) is 0 Å². The Hall–Kier alpha value is -0.910. The fourth-order valence-corrected chi connectivity index (χ4v) is 3.72. The monoisotopic (exact) mass is 339 g/mol. The van der Waals surface area contributed by atoms with Gasteiger partial charge in [-0.3, -0.25) is 4.79 Å². The molecular formula is C18H29NO3S. The summed E-state index contributed by atoms with van der Waals surface area (Å²) in [6.45, 7) is 8.10. The molecule has 1 saturated carbocycles. The van der Waals surface area contributed by atoms with Crippen molar-refractivity contribution >= 4 is 17.3 Å². The van der Waals surface area contributed by atoms with Crippen molar-refractivity contribution in [2.75, 3.05) is 6.54 Å². The maximum Gasteiger partial charge on any atom is 0.309 e. The van der Waals surface area contributed by atoms with E-state index < -0.39 is 11.2 Å². The lowest BCUT2D eigenvalue weighted by Crippen LogP contribution is -2.43. The number of hydrogen-bond acceptors (Lipinski definition) is 5. The van der Waals surface area contributed by atoms with Crippen LogP contribution >= 0.6 is 11.3 Å². The van der Waals surface area contributed by atoms with Crippen LogP contribution < -0.4 is 5.32 Å². The first-order valence-corrected chi connectivity index (χ1v) is 9.33. The zero-order valence-corrected chi connectivity index (χ0v) is 15.4. The second kappa shape index (κ2) is 7.32. The Kier molecular flexibility index (Phi) is 5.87. The normalized spacial score (nSPS) is 24.9. The Labute approximate surface area is 143 Å². The molecule has 0 saturated heterocycles. The van der Waals surface area contributed by atoms with Crippen molar-refractivity contribution < 1.29 is 14.6 Å². The summed E-state index contributed by atoms with van der Waals surface area (Å²) in [6, 6.07) is 2.32. The number of hydrogen-bond donors (Lipinski definition) is 2. The van der Waals surface area contributed by atoms with Gasteiger partial charge < -0.3 is 15.2 Å². The van der Waals surface area contributed by atoms with Crippen LogP contribution in [0.15, 0.2) is 16.8 Å². The summed E-state index contributed by atoms with van der Waals surface area (Å²) < 4.78 is 5.48. The molecule has 2 rings (SSSR count). The van der Waals surface area contributed by atoms with Crippen LogP contribution in [0.5, 0.6) is 0 Å². The number of carbonyl (C=O) groups is 1. The number of thiophene rings is 1. The van der Waals surface area contributed by atoms with Crippen LogP contribution in [-0.2, 0) is 15.1 Å². The van der Waals surface area contributed by atoms with E-state index in [1.165, 1.54) is 0 Å². The Morgan fingerprint density at radius 1 is 1.30 bits per heavy atom. The molecule has 1 fully saturated rings. The zero-order chi connectivity index (χ0) is 17.1. The second-order valence-corrected chi connectivity index (χ2v) is 8.53. The largest absolute Gasteiger partial charge is 0.460 e. The van der Waals surface area contributed by atoms with E-state index in [9.17, 15) is 9.90 Å². The van der Waals surface area contributed by atoms with Gasteiger partial charge in [-0.25, -0.2) is 0 Å². The SMILES string of the molecule is CC(C)(C)OC(=O)C1CCC(NCC(C)(O)c2ccsc2)CC1. The van der Waals surface area contributed by atoms with Gasteiger partial charge in [-0.2, -0.15) is 11.3 Å². The molecular weight excluding hydrogens is 310 g/mol. The molecule has 130 valence electrons. The fourth-order valence-electron chi connectivity index (χ4n) is 2.93. The first-order chi connectivity index (χ1) is 10.7. The van der Waals surface area contributed by atoms with Crippen molar-refractivity contribution in [3.05, 3.63) is 22.4 Å². The quantitative estimate of drug-likeness (QED) is 0.807. The molecule has 4 nitrogen and oxygen atoms in total. The summed E-state index contributed by atoms with van der Waals surface area (Å²) >= 11 is 1.60. The summed E-state index contributed by atoms with van der Waals surface area (Å²) in [5, 5.41) is 18.0. The van der Waals surface area contributed by atoms with Gasteiger partial charge in [0.05, 0.1) is 11.5 Å². The van der Waals surface area contributed by atoms with Crippen molar-refractivity contribution in [1.29, 1.82) is 0 Å². The lowest BCUT2D eigenvalue weighted by molar-refractivity contribution is -0.161. The first kappa shape index (κ1) is 18.4. The number of carbonyl (C=O) groups excluding carboxylic acids is 1. The molecule has 23 heavy (non-hydrogen) atoms. The standard InChI is InChI=1S/C18H29NO3S/c1-17(2,3)22-16(20)13-5-7-15(8-6-13)19-12-18(4,21)14-9-10-23-11-14/h9-11,13,15,19,21H,5-8,12H2,1-4H3. The van der Waals surface area contributed by atoms with Gasteiger partial charge in [0.1, 0.15) is 5.60 Å². The van der Waals surface area contributed by atoms with Crippen molar-refractivity contribution in [2.24, 2.45) is 5.92 Å².